The minimum absolute atomic E-state index is 0.206. The summed E-state index contributed by atoms with van der Waals surface area (Å²) < 4.78 is 5.07. The molecule has 0 aliphatic carbocycles. The molecule has 0 unspecified atom stereocenters. The molecule has 3 N–H and O–H groups in total. The summed E-state index contributed by atoms with van der Waals surface area (Å²) in [5, 5.41) is 9.34. The monoisotopic (exact) mass is 177 g/mol. The molecular weight excluding hydrogens is 170 g/mol. The molecule has 2 aromatic rings. The van der Waals surface area contributed by atoms with E-state index in [2.05, 4.69) is 0 Å². The Morgan fingerprint density at radius 3 is 2.92 bits per heavy atom. The van der Waals surface area contributed by atoms with E-state index in [1.807, 2.05) is 0 Å². The van der Waals surface area contributed by atoms with Crippen LogP contribution in [0.4, 0.5) is 5.88 Å². The molecule has 0 amide bonds. The van der Waals surface area contributed by atoms with E-state index in [0.717, 1.165) is 0 Å². The minimum Gasteiger partial charge on any atom is -0.478 e. The number of carboxylic acid groups (broad SMARTS) is 1. The van der Waals surface area contributed by atoms with E-state index in [0.29, 0.717) is 11.0 Å². The van der Waals surface area contributed by atoms with Gasteiger partial charge in [-0.2, -0.15) is 0 Å². The third-order valence-corrected chi connectivity index (χ3v) is 1.81. The highest BCUT2D eigenvalue weighted by Gasteiger charge is 2.10. The number of hydrogen-bond donors (Lipinski definition) is 2. The van der Waals surface area contributed by atoms with Crippen molar-refractivity contribution in [1.82, 2.24) is 0 Å². The second-order valence-corrected chi connectivity index (χ2v) is 2.67. The summed E-state index contributed by atoms with van der Waals surface area (Å²) in [5.74, 6) is -0.755. The molecule has 66 valence electrons. The van der Waals surface area contributed by atoms with Crippen molar-refractivity contribution in [2.45, 2.75) is 0 Å². The van der Waals surface area contributed by atoms with Gasteiger partial charge >= 0.3 is 5.97 Å². The van der Waals surface area contributed by atoms with Crippen LogP contribution in [0.15, 0.2) is 28.7 Å². The molecule has 1 aromatic carbocycles. The van der Waals surface area contributed by atoms with Gasteiger partial charge in [-0.15, -0.1) is 0 Å². The Labute approximate surface area is 73.6 Å². The normalized spacial score (nSPS) is 10.5. The zero-order valence-electron chi connectivity index (χ0n) is 6.65. The molecule has 4 heteroatoms. The first kappa shape index (κ1) is 7.67. The van der Waals surface area contributed by atoms with Gasteiger partial charge in [0, 0.05) is 11.5 Å². The van der Waals surface area contributed by atoms with E-state index < -0.39 is 5.97 Å². The average Bonchev–Trinajstić information content (AvgIpc) is 2.43. The molecule has 0 aliphatic rings. The predicted octanol–water partition coefficient (Wildman–Crippen LogP) is 1.71. The maximum Gasteiger partial charge on any atom is 0.336 e. The molecule has 0 spiro atoms. The number of benzene rings is 1. The molecule has 0 atom stereocenters. The molecule has 0 fully saturated rings. The van der Waals surface area contributed by atoms with Crippen molar-refractivity contribution < 1.29 is 14.3 Å². The zero-order chi connectivity index (χ0) is 9.42. The van der Waals surface area contributed by atoms with Gasteiger partial charge in [-0.3, -0.25) is 0 Å². The highest BCUT2D eigenvalue weighted by molar-refractivity contribution is 6.02. The fourth-order valence-corrected chi connectivity index (χ4v) is 1.27. The number of anilines is 1. The Kier molecular flexibility index (Phi) is 1.48. The van der Waals surface area contributed by atoms with Crippen LogP contribution in [0.2, 0.25) is 0 Å². The standard InChI is InChI=1S/C9H7NO3/c10-8-4-6-5(9(11)12)2-1-3-7(6)13-8/h1-4H,10H2,(H,11,12). The second-order valence-electron chi connectivity index (χ2n) is 2.67. The van der Waals surface area contributed by atoms with Crippen molar-refractivity contribution in [3.63, 3.8) is 0 Å². The number of carboxylic acids is 1. The summed E-state index contributed by atoms with van der Waals surface area (Å²) in [4.78, 5) is 10.7. The number of rotatable bonds is 1. The molecule has 13 heavy (non-hydrogen) atoms. The summed E-state index contributed by atoms with van der Waals surface area (Å²) >= 11 is 0. The summed E-state index contributed by atoms with van der Waals surface area (Å²) in [6.07, 6.45) is 0. The lowest BCUT2D eigenvalue weighted by atomic mass is 10.1. The Morgan fingerprint density at radius 1 is 1.46 bits per heavy atom. The lowest BCUT2D eigenvalue weighted by Crippen LogP contribution is -1.95. The van der Waals surface area contributed by atoms with E-state index in [1.165, 1.54) is 12.1 Å². The smallest absolute Gasteiger partial charge is 0.336 e. The Bertz CT molecular complexity index is 473. The zero-order valence-corrected chi connectivity index (χ0v) is 6.65. The first-order valence-corrected chi connectivity index (χ1v) is 3.70. The second kappa shape index (κ2) is 2.52. The van der Waals surface area contributed by atoms with Crippen molar-refractivity contribution in [3.8, 4) is 0 Å². The SMILES string of the molecule is Nc1cc2c(C(=O)O)cccc2o1. The third kappa shape index (κ3) is 1.12. The molecule has 0 aliphatic heterocycles. The van der Waals surface area contributed by atoms with Crippen molar-refractivity contribution in [2.75, 3.05) is 5.73 Å². The first-order chi connectivity index (χ1) is 6.18. The van der Waals surface area contributed by atoms with Gasteiger partial charge in [0.25, 0.3) is 0 Å². The Hall–Kier alpha value is -1.97. The van der Waals surface area contributed by atoms with Gasteiger partial charge < -0.3 is 15.3 Å². The van der Waals surface area contributed by atoms with Crippen LogP contribution in [-0.4, -0.2) is 11.1 Å². The molecule has 2 rings (SSSR count). The van der Waals surface area contributed by atoms with Crippen molar-refractivity contribution in [3.05, 3.63) is 29.8 Å². The van der Waals surface area contributed by atoms with Crippen LogP contribution in [0.25, 0.3) is 11.0 Å². The van der Waals surface area contributed by atoms with Crippen molar-refractivity contribution in [1.29, 1.82) is 0 Å². The molecule has 1 heterocycles. The summed E-state index contributed by atoms with van der Waals surface area (Å²) in [6.45, 7) is 0. The quantitative estimate of drug-likeness (QED) is 0.695. The topological polar surface area (TPSA) is 76.5 Å². The van der Waals surface area contributed by atoms with Crippen LogP contribution in [0, 0.1) is 0 Å². The number of nitrogen functional groups attached to an aromatic ring is 1. The fourth-order valence-electron chi connectivity index (χ4n) is 1.27. The van der Waals surface area contributed by atoms with E-state index in [-0.39, 0.29) is 11.4 Å². The molecule has 1 aromatic heterocycles. The maximum atomic E-state index is 10.7. The number of furan rings is 1. The minimum atomic E-state index is -0.980. The maximum absolute atomic E-state index is 10.7. The number of nitrogens with two attached hydrogens (primary N) is 1. The van der Waals surface area contributed by atoms with Crippen LogP contribution in [0.5, 0.6) is 0 Å². The lowest BCUT2D eigenvalue weighted by molar-refractivity contribution is 0.0699. The summed E-state index contributed by atoms with van der Waals surface area (Å²) in [5.41, 5.74) is 6.10. The van der Waals surface area contributed by atoms with Gasteiger partial charge in [0.05, 0.1) is 5.56 Å². The predicted molar refractivity (Wildman–Crippen MR) is 47.6 cm³/mol. The van der Waals surface area contributed by atoms with Crippen LogP contribution in [-0.2, 0) is 0 Å². The van der Waals surface area contributed by atoms with Gasteiger partial charge in [0.15, 0.2) is 5.88 Å². The molecule has 0 saturated carbocycles. The van der Waals surface area contributed by atoms with Gasteiger partial charge in [-0.05, 0) is 12.1 Å². The largest absolute Gasteiger partial charge is 0.478 e. The molecule has 0 saturated heterocycles. The third-order valence-electron chi connectivity index (χ3n) is 1.81. The van der Waals surface area contributed by atoms with Crippen LogP contribution in [0.3, 0.4) is 0 Å². The van der Waals surface area contributed by atoms with Crippen LogP contribution >= 0.6 is 0 Å². The Morgan fingerprint density at radius 2 is 2.23 bits per heavy atom. The first-order valence-electron chi connectivity index (χ1n) is 3.70. The highest BCUT2D eigenvalue weighted by Crippen LogP contribution is 2.24. The van der Waals surface area contributed by atoms with Gasteiger partial charge in [0.2, 0.25) is 0 Å². The molecule has 4 nitrogen and oxygen atoms in total. The average molecular weight is 177 g/mol. The highest BCUT2D eigenvalue weighted by atomic mass is 16.4. The summed E-state index contributed by atoms with van der Waals surface area (Å²) in [7, 11) is 0. The van der Waals surface area contributed by atoms with E-state index in [9.17, 15) is 4.79 Å². The van der Waals surface area contributed by atoms with E-state index >= 15 is 0 Å². The Balaban J connectivity index is 2.82. The van der Waals surface area contributed by atoms with E-state index in [4.69, 9.17) is 15.3 Å². The van der Waals surface area contributed by atoms with Crippen molar-refractivity contribution in [2.24, 2.45) is 0 Å². The van der Waals surface area contributed by atoms with Gasteiger partial charge in [0.1, 0.15) is 5.58 Å². The number of fused-ring (bicyclic) bond motifs is 1. The molecule has 0 bridgehead atoms. The van der Waals surface area contributed by atoms with Crippen LogP contribution < -0.4 is 5.73 Å². The van der Waals surface area contributed by atoms with Gasteiger partial charge in [-0.1, -0.05) is 6.07 Å². The van der Waals surface area contributed by atoms with Crippen molar-refractivity contribution >= 4 is 22.8 Å². The number of carbonyl (C=O) groups is 1. The fraction of sp³-hybridized carbons (Fsp3) is 0. The number of hydrogen-bond acceptors (Lipinski definition) is 3. The van der Waals surface area contributed by atoms with Gasteiger partial charge in [-0.25, -0.2) is 4.79 Å². The summed E-state index contributed by atoms with van der Waals surface area (Å²) in [6, 6.07) is 6.32. The number of aromatic carboxylic acids is 1. The molecular formula is C9H7NO3. The van der Waals surface area contributed by atoms with E-state index in [1.54, 1.807) is 12.1 Å². The lowest BCUT2D eigenvalue weighted by Gasteiger charge is -1.93. The molecule has 0 radical (unpaired) electrons. The van der Waals surface area contributed by atoms with Crippen LogP contribution in [0.1, 0.15) is 10.4 Å².